The lowest BCUT2D eigenvalue weighted by atomic mass is 9.97. The molecule has 0 aliphatic heterocycles. The lowest BCUT2D eigenvalue weighted by Gasteiger charge is -2.34. The number of unbranched alkanes of at least 4 members (excludes halogenated alkanes) is 1. The topological polar surface area (TPSA) is 89.0 Å². The highest BCUT2D eigenvalue weighted by atomic mass is 32.1. The molecule has 8 heteroatoms. The number of esters is 1. The lowest BCUT2D eigenvalue weighted by molar-refractivity contribution is -0.209. The maximum absolute atomic E-state index is 12.7. The second kappa shape index (κ2) is 12.9. The molecule has 1 rings (SSSR count). The van der Waals surface area contributed by atoms with E-state index in [1.54, 1.807) is 12.3 Å². The number of nitrogens with zero attached hydrogens (tertiary/aromatic N) is 2. The number of carbonyl (C=O) groups is 2. The molecule has 2 unspecified atom stereocenters. The summed E-state index contributed by atoms with van der Waals surface area (Å²) in [6.45, 7) is 10.5. The van der Waals surface area contributed by atoms with E-state index in [4.69, 9.17) is 9.57 Å². The summed E-state index contributed by atoms with van der Waals surface area (Å²) in [6, 6.07) is -0.291. The summed E-state index contributed by atoms with van der Waals surface area (Å²) in [5.74, 6) is -0.477. The van der Waals surface area contributed by atoms with Gasteiger partial charge in [-0.15, -0.1) is 11.3 Å². The van der Waals surface area contributed by atoms with Gasteiger partial charge in [-0.25, -0.2) is 14.8 Å². The molecule has 1 amide bonds. The van der Waals surface area contributed by atoms with Crippen molar-refractivity contribution in [1.29, 1.82) is 0 Å². The molecule has 0 bridgehead atoms. The van der Waals surface area contributed by atoms with Crippen molar-refractivity contribution < 1.29 is 24.3 Å². The zero-order chi connectivity index (χ0) is 21.1. The van der Waals surface area contributed by atoms with Crippen molar-refractivity contribution in [2.75, 3.05) is 13.2 Å². The summed E-state index contributed by atoms with van der Waals surface area (Å²) >= 11 is 1.21. The first kappa shape index (κ1) is 24.5. The fourth-order valence-electron chi connectivity index (χ4n) is 2.69. The monoisotopic (exact) mass is 414 g/mol. The Labute approximate surface area is 172 Å². The van der Waals surface area contributed by atoms with Gasteiger partial charge in [-0.2, -0.15) is 0 Å². The molecule has 0 fully saturated rings. The van der Waals surface area contributed by atoms with Gasteiger partial charge in [-0.1, -0.05) is 34.1 Å². The van der Waals surface area contributed by atoms with E-state index in [-0.39, 0.29) is 36.6 Å². The van der Waals surface area contributed by atoms with Gasteiger partial charge < -0.3 is 9.84 Å². The standard InChI is InChI=1S/C20H34N2O5S/c1-6-9-10-18(24)22(27-11-7-2)16(14(4)5)12-17(23)19-21-15(13-28-19)20(25)26-8-3/h13-14,16-17,23H,6-12H2,1-5H3. The van der Waals surface area contributed by atoms with E-state index < -0.39 is 12.1 Å². The predicted octanol–water partition coefficient (Wildman–Crippen LogP) is 4.13. The van der Waals surface area contributed by atoms with Gasteiger partial charge in [-0.3, -0.25) is 9.63 Å². The number of thiazole rings is 1. The van der Waals surface area contributed by atoms with E-state index in [1.165, 1.54) is 16.4 Å². The number of amides is 1. The Bertz CT molecular complexity index is 605. The minimum Gasteiger partial charge on any atom is -0.461 e. The number of aliphatic hydroxyl groups is 1. The summed E-state index contributed by atoms with van der Waals surface area (Å²) in [5, 5.41) is 14.2. The van der Waals surface area contributed by atoms with Crippen molar-refractivity contribution in [3.63, 3.8) is 0 Å². The molecule has 0 aromatic carbocycles. The largest absolute Gasteiger partial charge is 0.461 e. The molecule has 28 heavy (non-hydrogen) atoms. The number of hydrogen-bond acceptors (Lipinski definition) is 7. The summed E-state index contributed by atoms with van der Waals surface area (Å²) in [7, 11) is 0. The first-order valence-corrected chi connectivity index (χ1v) is 11.0. The van der Waals surface area contributed by atoms with Crippen molar-refractivity contribution in [3.8, 4) is 0 Å². The minimum absolute atomic E-state index is 0.0625. The molecule has 0 saturated carbocycles. The normalized spacial score (nSPS) is 13.4. The molecular formula is C20H34N2O5S. The van der Waals surface area contributed by atoms with Gasteiger partial charge in [0.1, 0.15) is 11.1 Å². The minimum atomic E-state index is -0.896. The van der Waals surface area contributed by atoms with Gasteiger partial charge >= 0.3 is 5.97 Å². The van der Waals surface area contributed by atoms with Crippen LogP contribution >= 0.6 is 11.3 Å². The maximum Gasteiger partial charge on any atom is 0.357 e. The third-order valence-electron chi connectivity index (χ3n) is 4.25. The zero-order valence-electron chi connectivity index (χ0n) is 17.6. The maximum atomic E-state index is 12.7. The number of carbonyl (C=O) groups excluding carboxylic acids is 2. The van der Waals surface area contributed by atoms with Crippen molar-refractivity contribution in [2.45, 2.75) is 78.9 Å². The number of hydroxylamine groups is 2. The molecule has 0 spiro atoms. The second-order valence-corrected chi connectivity index (χ2v) is 7.90. The smallest absolute Gasteiger partial charge is 0.357 e. The Morgan fingerprint density at radius 1 is 1.25 bits per heavy atom. The zero-order valence-corrected chi connectivity index (χ0v) is 18.5. The van der Waals surface area contributed by atoms with Crippen LogP contribution in [0, 0.1) is 5.92 Å². The number of aromatic nitrogens is 1. The predicted molar refractivity (Wildman–Crippen MR) is 109 cm³/mol. The quantitative estimate of drug-likeness (QED) is 0.386. The fourth-order valence-corrected chi connectivity index (χ4v) is 3.47. The summed E-state index contributed by atoms with van der Waals surface area (Å²) < 4.78 is 4.94. The SMILES string of the molecule is CCCCC(=O)N(OCCC)C(CC(O)c1nc(C(=O)OCC)cs1)C(C)C. The van der Waals surface area contributed by atoms with Gasteiger partial charge in [0.15, 0.2) is 5.69 Å². The summed E-state index contributed by atoms with van der Waals surface area (Å²) in [5.41, 5.74) is 0.195. The molecule has 1 aromatic rings. The molecule has 1 N–H and O–H groups in total. The third kappa shape index (κ3) is 7.48. The van der Waals surface area contributed by atoms with Gasteiger partial charge in [-0.05, 0) is 25.7 Å². The Hall–Kier alpha value is -1.51. The molecule has 0 aliphatic carbocycles. The van der Waals surface area contributed by atoms with Crippen LogP contribution in [0.15, 0.2) is 5.38 Å². The van der Waals surface area contributed by atoms with Gasteiger partial charge in [0, 0.05) is 18.2 Å². The van der Waals surface area contributed by atoms with Gasteiger partial charge in [0.25, 0.3) is 0 Å². The van der Waals surface area contributed by atoms with Crippen LogP contribution in [0.5, 0.6) is 0 Å². The highest BCUT2D eigenvalue weighted by Crippen LogP contribution is 2.28. The van der Waals surface area contributed by atoms with Crippen LogP contribution in [0.1, 0.15) is 88.3 Å². The lowest BCUT2D eigenvalue weighted by Crippen LogP contribution is -2.44. The first-order valence-electron chi connectivity index (χ1n) is 10.1. The van der Waals surface area contributed by atoms with E-state index in [1.807, 2.05) is 27.7 Å². The number of aliphatic hydroxyl groups excluding tert-OH is 1. The van der Waals surface area contributed by atoms with E-state index in [9.17, 15) is 14.7 Å². The highest BCUT2D eigenvalue weighted by Gasteiger charge is 2.31. The number of rotatable bonds is 13. The third-order valence-corrected chi connectivity index (χ3v) is 5.20. The van der Waals surface area contributed by atoms with Crippen LogP contribution in [0.2, 0.25) is 0 Å². The van der Waals surface area contributed by atoms with Crippen molar-refractivity contribution >= 4 is 23.2 Å². The summed E-state index contributed by atoms with van der Waals surface area (Å²) in [4.78, 5) is 34.5. The molecule has 0 radical (unpaired) electrons. The van der Waals surface area contributed by atoms with Crippen LogP contribution in [0.3, 0.4) is 0 Å². The molecule has 0 aliphatic rings. The van der Waals surface area contributed by atoms with Crippen LogP contribution in [-0.2, 0) is 14.4 Å². The average Bonchev–Trinajstić information content (AvgIpc) is 3.16. The van der Waals surface area contributed by atoms with E-state index in [2.05, 4.69) is 4.98 Å². The molecule has 1 aromatic heterocycles. The van der Waals surface area contributed by atoms with E-state index in [0.717, 1.165) is 19.3 Å². The Balaban J connectivity index is 2.92. The Kier molecular flexibility index (Phi) is 11.3. The van der Waals surface area contributed by atoms with Crippen LogP contribution in [0.25, 0.3) is 0 Å². The van der Waals surface area contributed by atoms with E-state index in [0.29, 0.717) is 18.0 Å². The number of ether oxygens (including phenoxy) is 1. The number of hydrogen-bond donors (Lipinski definition) is 1. The first-order chi connectivity index (χ1) is 13.3. The van der Waals surface area contributed by atoms with Crippen molar-refractivity contribution in [1.82, 2.24) is 10.0 Å². The molecule has 7 nitrogen and oxygen atoms in total. The highest BCUT2D eigenvalue weighted by molar-refractivity contribution is 7.09. The molecule has 160 valence electrons. The molecule has 2 atom stereocenters. The van der Waals surface area contributed by atoms with Gasteiger partial charge in [0.2, 0.25) is 5.91 Å². The van der Waals surface area contributed by atoms with Crippen LogP contribution in [0.4, 0.5) is 0 Å². The Morgan fingerprint density at radius 3 is 2.54 bits per heavy atom. The van der Waals surface area contributed by atoms with Crippen LogP contribution < -0.4 is 0 Å². The van der Waals surface area contributed by atoms with Gasteiger partial charge in [0.05, 0.1) is 19.3 Å². The van der Waals surface area contributed by atoms with Crippen LogP contribution in [-0.4, -0.2) is 46.3 Å². The second-order valence-electron chi connectivity index (χ2n) is 7.01. The van der Waals surface area contributed by atoms with E-state index >= 15 is 0 Å². The van der Waals surface area contributed by atoms with Crippen molar-refractivity contribution in [2.24, 2.45) is 5.92 Å². The molecule has 1 heterocycles. The molecule has 0 saturated heterocycles. The molecular weight excluding hydrogens is 380 g/mol. The van der Waals surface area contributed by atoms with Crippen molar-refractivity contribution in [3.05, 3.63) is 16.1 Å². The Morgan fingerprint density at radius 2 is 1.96 bits per heavy atom. The fraction of sp³-hybridized carbons (Fsp3) is 0.750. The summed E-state index contributed by atoms with van der Waals surface area (Å²) in [6.07, 6.45) is 2.33. The average molecular weight is 415 g/mol.